The third-order valence-electron chi connectivity index (χ3n) is 5.11. The van der Waals surface area contributed by atoms with Gasteiger partial charge in [-0.3, -0.25) is 10.1 Å². The lowest BCUT2D eigenvalue weighted by Gasteiger charge is -2.14. The first-order chi connectivity index (χ1) is 17.1. The summed E-state index contributed by atoms with van der Waals surface area (Å²) in [5.41, 5.74) is 4.29. The molecule has 0 aliphatic rings. The average Bonchev–Trinajstić information content (AvgIpc) is 2.87. The minimum absolute atomic E-state index is 0.203. The van der Waals surface area contributed by atoms with Gasteiger partial charge in [-0.05, 0) is 72.4 Å². The number of amides is 1. The van der Waals surface area contributed by atoms with E-state index in [-0.39, 0.29) is 11.0 Å². The molecule has 4 rings (SSSR count). The van der Waals surface area contributed by atoms with Gasteiger partial charge in [0.15, 0.2) is 5.11 Å². The highest BCUT2D eigenvalue weighted by molar-refractivity contribution is 9.10. The van der Waals surface area contributed by atoms with E-state index in [0.717, 1.165) is 28.0 Å². The molecule has 0 heterocycles. The predicted molar refractivity (Wildman–Crippen MR) is 150 cm³/mol. The van der Waals surface area contributed by atoms with Crippen molar-refractivity contribution < 1.29 is 9.53 Å². The Kier molecular flexibility index (Phi) is 8.48. The normalized spacial score (nSPS) is 10.3. The third-order valence-corrected chi connectivity index (χ3v) is 5.81. The summed E-state index contributed by atoms with van der Waals surface area (Å²) in [5, 5.41) is 9.32. The van der Waals surface area contributed by atoms with Crippen LogP contribution in [0.1, 0.15) is 15.9 Å². The molecule has 0 aliphatic carbocycles. The smallest absolute Gasteiger partial charge is 0.261 e. The van der Waals surface area contributed by atoms with Gasteiger partial charge in [-0.15, -0.1) is 0 Å². The van der Waals surface area contributed by atoms with Crippen molar-refractivity contribution in [3.05, 3.63) is 119 Å². The second kappa shape index (κ2) is 12.1. The van der Waals surface area contributed by atoms with E-state index in [1.54, 1.807) is 12.1 Å². The van der Waals surface area contributed by atoms with Crippen LogP contribution in [0.4, 0.5) is 17.1 Å². The van der Waals surface area contributed by atoms with Crippen LogP contribution in [0, 0.1) is 0 Å². The van der Waals surface area contributed by atoms with Crippen molar-refractivity contribution in [1.29, 1.82) is 0 Å². The lowest BCUT2D eigenvalue weighted by atomic mass is 10.1. The summed E-state index contributed by atoms with van der Waals surface area (Å²) in [7, 11) is 0. The maximum absolute atomic E-state index is 13.0. The number of hydrogen-bond donors (Lipinski definition) is 3. The van der Waals surface area contributed by atoms with Crippen molar-refractivity contribution in [2.45, 2.75) is 6.42 Å². The summed E-state index contributed by atoms with van der Waals surface area (Å²) in [6, 6.07) is 33.0. The van der Waals surface area contributed by atoms with Gasteiger partial charge in [-0.2, -0.15) is 0 Å². The van der Waals surface area contributed by atoms with Crippen molar-refractivity contribution in [3.63, 3.8) is 0 Å². The number of nitrogens with one attached hydrogen (secondary N) is 3. The summed E-state index contributed by atoms with van der Waals surface area (Å²) >= 11 is 8.80. The van der Waals surface area contributed by atoms with E-state index >= 15 is 0 Å². The molecule has 5 nitrogen and oxygen atoms in total. The fourth-order valence-corrected chi connectivity index (χ4v) is 3.96. The molecule has 0 fully saturated rings. The van der Waals surface area contributed by atoms with Gasteiger partial charge < -0.3 is 15.4 Å². The molecule has 0 spiro atoms. The molecule has 0 aromatic heterocycles. The van der Waals surface area contributed by atoms with E-state index in [4.69, 9.17) is 17.0 Å². The summed E-state index contributed by atoms with van der Waals surface area (Å²) in [6.45, 7) is 0.456. The van der Waals surface area contributed by atoms with Crippen LogP contribution in [-0.4, -0.2) is 17.6 Å². The highest BCUT2D eigenvalue weighted by Crippen LogP contribution is 2.24. The minimum atomic E-state index is -0.346. The van der Waals surface area contributed by atoms with Crippen LogP contribution in [0.5, 0.6) is 5.75 Å². The second-order valence-electron chi connectivity index (χ2n) is 7.70. The van der Waals surface area contributed by atoms with E-state index in [2.05, 4.69) is 31.9 Å². The number of para-hydroxylation sites is 1. The number of carbonyl (C=O) groups excluding carboxylic acids is 1. The highest BCUT2D eigenvalue weighted by Gasteiger charge is 2.15. The van der Waals surface area contributed by atoms with Gasteiger partial charge in [-0.1, -0.05) is 64.5 Å². The number of ether oxygens (including phenoxy) is 1. The summed E-state index contributed by atoms with van der Waals surface area (Å²) < 4.78 is 6.70. The molecule has 1 amide bonds. The van der Waals surface area contributed by atoms with E-state index in [9.17, 15) is 4.79 Å². The summed E-state index contributed by atoms with van der Waals surface area (Å²) in [6.07, 6.45) is 0.743. The molecule has 0 saturated carbocycles. The first kappa shape index (κ1) is 24.4. The van der Waals surface area contributed by atoms with E-state index in [1.807, 2.05) is 91.0 Å². The fourth-order valence-electron chi connectivity index (χ4n) is 3.39. The SMILES string of the molecule is O=C(NC(=S)Nc1ccc(Nc2ccccc2)cc1)c1cc(Br)ccc1OCCc1ccccc1. The van der Waals surface area contributed by atoms with Crippen molar-refractivity contribution in [2.24, 2.45) is 0 Å². The number of anilines is 3. The maximum atomic E-state index is 13.0. The molecule has 4 aromatic carbocycles. The molecule has 7 heteroatoms. The Morgan fingerprint density at radius 2 is 1.43 bits per heavy atom. The number of carbonyl (C=O) groups is 1. The van der Waals surface area contributed by atoms with Crippen LogP contribution >= 0.6 is 28.1 Å². The van der Waals surface area contributed by atoms with Crippen molar-refractivity contribution in [2.75, 3.05) is 17.2 Å². The standard InChI is InChI=1S/C28H24BrN3O2S/c29-21-11-16-26(34-18-17-20-7-3-1-4-8-20)25(19-21)27(33)32-28(35)31-24-14-12-23(13-15-24)30-22-9-5-2-6-10-22/h1-16,19,30H,17-18H2,(H2,31,32,33,35). The van der Waals surface area contributed by atoms with Gasteiger partial charge in [0.2, 0.25) is 0 Å². The average molecular weight is 546 g/mol. The molecule has 0 radical (unpaired) electrons. The van der Waals surface area contributed by atoms with Gasteiger partial charge in [0, 0.05) is 28.0 Å². The zero-order valence-electron chi connectivity index (χ0n) is 18.8. The topological polar surface area (TPSA) is 62.4 Å². The first-order valence-corrected chi connectivity index (χ1v) is 12.3. The summed E-state index contributed by atoms with van der Waals surface area (Å²) in [5.74, 6) is 0.154. The van der Waals surface area contributed by atoms with Crippen molar-refractivity contribution in [3.8, 4) is 5.75 Å². The van der Waals surface area contributed by atoms with Crippen LogP contribution in [0.15, 0.2) is 108 Å². The molecule has 0 saturated heterocycles. The van der Waals surface area contributed by atoms with Gasteiger partial charge in [-0.25, -0.2) is 0 Å². The van der Waals surface area contributed by atoms with Gasteiger partial charge in [0.1, 0.15) is 5.75 Å². The molecule has 35 heavy (non-hydrogen) atoms. The Bertz CT molecular complexity index is 1280. The van der Waals surface area contributed by atoms with E-state index in [0.29, 0.717) is 17.9 Å². The molecular formula is C28H24BrN3O2S. The zero-order valence-corrected chi connectivity index (χ0v) is 21.2. The third kappa shape index (κ3) is 7.40. The molecule has 0 aliphatic heterocycles. The molecule has 4 aromatic rings. The van der Waals surface area contributed by atoms with E-state index < -0.39 is 0 Å². The highest BCUT2D eigenvalue weighted by atomic mass is 79.9. The molecule has 176 valence electrons. The number of thiocarbonyl (C=S) groups is 1. The predicted octanol–water partition coefficient (Wildman–Crippen LogP) is 6.94. The number of rotatable bonds is 8. The molecule has 0 bridgehead atoms. The van der Waals surface area contributed by atoms with Crippen molar-refractivity contribution in [1.82, 2.24) is 5.32 Å². The number of halogens is 1. The lowest BCUT2D eigenvalue weighted by molar-refractivity contribution is 0.0973. The van der Waals surface area contributed by atoms with E-state index in [1.165, 1.54) is 5.56 Å². The van der Waals surface area contributed by atoms with Gasteiger partial charge >= 0.3 is 0 Å². The van der Waals surface area contributed by atoms with Crippen LogP contribution in [0.2, 0.25) is 0 Å². The monoisotopic (exact) mass is 545 g/mol. The van der Waals surface area contributed by atoms with Crippen LogP contribution in [0.25, 0.3) is 0 Å². The Labute approximate surface area is 218 Å². The van der Waals surface area contributed by atoms with Crippen LogP contribution < -0.4 is 20.7 Å². The molecular weight excluding hydrogens is 522 g/mol. The van der Waals surface area contributed by atoms with Crippen LogP contribution in [0.3, 0.4) is 0 Å². The quantitative estimate of drug-likeness (QED) is 0.209. The fraction of sp³-hybridized carbons (Fsp3) is 0.0714. The molecule has 0 atom stereocenters. The number of benzene rings is 4. The van der Waals surface area contributed by atoms with Crippen molar-refractivity contribution >= 4 is 56.2 Å². The maximum Gasteiger partial charge on any atom is 0.261 e. The zero-order chi connectivity index (χ0) is 24.5. The summed E-state index contributed by atoms with van der Waals surface area (Å²) in [4.78, 5) is 13.0. The van der Waals surface area contributed by atoms with Gasteiger partial charge in [0.05, 0.1) is 12.2 Å². The largest absolute Gasteiger partial charge is 0.492 e. The van der Waals surface area contributed by atoms with Gasteiger partial charge in [0.25, 0.3) is 5.91 Å². The first-order valence-electron chi connectivity index (χ1n) is 11.1. The molecule has 3 N–H and O–H groups in total. The lowest BCUT2D eigenvalue weighted by Crippen LogP contribution is -2.34. The second-order valence-corrected chi connectivity index (χ2v) is 9.03. The molecule has 0 unspecified atom stereocenters. The Morgan fingerprint density at radius 3 is 2.14 bits per heavy atom. The minimum Gasteiger partial charge on any atom is -0.492 e. The van der Waals surface area contributed by atoms with Crippen LogP contribution in [-0.2, 0) is 6.42 Å². The Hall–Kier alpha value is -3.68. The Morgan fingerprint density at radius 1 is 0.800 bits per heavy atom. The Balaban J connectivity index is 1.34. The number of hydrogen-bond acceptors (Lipinski definition) is 4.